The largest absolute Gasteiger partial charge is 0.326 e. The number of hydrogen-bond donors (Lipinski definition) is 1. The minimum Gasteiger partial charge on any atom is -0.326 e. The van der Waals surface area contributed by atoms with Crippen molar-refractivity contribution in [1.82, 2.24) is 9.78 Å². The monoisotopic (exact) mass is 255 g/mol. The third-order valence-corrected chi connectivity index (χ3v) is 4.28. The minimum atomic E-state index is 0.594. The van der Waals surface area contributed by atoms with Crippen LogP contribution in [0.5, 0.6) is 0 Å². The van der Waals surface area contributed by atoms with Crippen molar-refractivity contribution in [3.63, 3.8) is 0 Å². The van der Waals surface area contributed by atoms with Crippen LogP contribution in [-0.2, 0) is 6.54 Å². The molecule has 0 amide bonds. The Balaban J connectivity index is 1.94. The summed E-state index contributed by atoms with van der Waals surface area (Å²) in [5, 5.41) is 4.56. The Labute approximate surface area is 114 Å². The molecule has 1 aliphatic carbocycles. The molecule has 0 aliphatic heterocycles. The van der Waals surface area contributed by atoms with Crippen LogP contribution in [0.4, 0.5) is 0 Å². The molecule has 0 atom stereocenters. The molecule has 19 heavy (non-hydrogen) atoms. The Bertz CT molecular complexity index is 565. The van der Waals surface area contributed by atoms with Crippen LogP contribution in [0.25, 0.3) is 11.1 Å². The molecule has 3 heteroatoms. The van der Waals surface area contributed by atoms with Gasteiger partial charge in [-0.15, -0.1) is 0 Å². The molecule has 2 aromatic rings. The predicted octanol–water partition coefficient (Wildman–Crippen LogP) is 3.43. The van der Waals surface area contributed by atoms with Gasteiger partial charge in [0.1, 0.15) is 0 Å². The average molecular weight is 255 g/mol. The Kier molecular flexibility index (Phi) is 3.38. The second-order valence-corrected chi connectivity index (χ2v) is 5.44. The van der Waals surface area contributed by atoms with Gasteiger partial charge in [0.15, 0.2) is 0 Å². The van der Waals surface area contributed by atoms with Crippen molar-refractivity contribution in [2.45, 2.75) is 45.2 Å². The lowest BCUT2D eigenvalue weighted by atomic mass is 9.98. The van der Waals surface area contributed by atoms with Crippen molar-refractivity contribution in [1.29, 1.82) is 0 Å². The standard InChI is InChI=1S/C16H21N3/c1-12-13(9-17)5-4-8-16(12)14-10-18-19(11-14)15-6-2-3-7-15/h4-5,8,10-11,15H,2-3,6-7,9,17H2,1H3. The van der Waals surface area contributed by atoms with Crippen LogP contribution in [0.1, 0.15) is 42.9 Å². The van der Waals surface area contributed by atoms with E-state index < -0.39 is 0 Å². The molecule has 0 bridgehead atoms. The third kappa shape index (κ3) is 2.30. The first-order valence-corrected chi connectivity index (χ1v) is 7.12. The maximum absolute atomic E-state index is 5.78. The summed E-state index contributed by atoms with van der Waals surface area (Å²) in [6.07, 6.45) is 9.38. The lowest BCUT2D eigenvalue weighted by Crippen LogP contribution is -2.04. The zero-order valence-corrected chi connectivity index (χ0v) is 11.5. The average Bonchev–Trinajstić information content (AvgIpc) is 3.09. The molecule has 1 aromatic heterocycles. The molecule has 0 saturated heterocycles. The van der Waals surface area contributed by atoms with Gasteiger partial charge >= 0.3 is 0 Å². The highest BCUT2D eigenvalue weighted by molar-refractivity contribution is 5.67. The van der Waals surface area contributed by atoms with Crippen LogP contribution in [0.15, 0.2) is 30.6 Å². The van der Waals surface area contributed by atoms with E-state index in [9.17, 15) is 0 Å². The summed E-state index contributed by atoms with van der Waals surface area (Å²) in [5.41, 5.74) is 10.7. The Morgan fingerprint density at radius 2 is 2.11 bits per heavy atom. The number of nitrogens with two attached hydrogens (primary N) is 1. The first-order valence-electron chi connectivity index (χ1n) is 7.12. The van der Waals surface area contributed by atoms with Gasteiger partial charge in [0.25, 0.3) is 0 Å². The molecule has 0 unspecified atom stereocenters. The zero-order valence-electron chi connectivity index (χ0n) is 11.5. The van der Waals surface area contributed by atoms with Crippen LogP contribution < -0.4 is 5.73 Å². The van der Waals surface area contributed by atoms with Crippen LogP contribution in [0, 0.1) is 6.92 Å². The number of benzene rings is 1. The highest BCUT2D eigenvalue weighted by atomic mass is 15.3. The quantitative estimate of drug-likeness (QED) is 0.913. The molecule has 0 radical (unpaired) electrons. The van der Waals surface area contributed by atoms with E-state index in [2.05, 4.69) is 41.1 Å². The van der Waals surface area contributed by atoms with Gasteiger partial charge in [0, 0.05) is 18.3 Å². The Morgan fingerprint density at radius 1 is 1.32 bits per heavy atom. The summed E-state index contributed by atoms with van der Waals surface area (Å²) in [6, 6.07) is 6.94. The van der Waals surface area contributed by atoms with E-state index in [1.807, 2.05) is 6.20 Å². The summed E-state index contributed by atoms with van der Waals surface area (Å²) in [5.74, 6) is 0. The van der Waals surface area contributed by atoms with Gasteiger partial charge in [-0.05, 0) is 36.5 Å². The molecule has 1 heterocycles. The van der Waals surface area contributed by atoms with Gasteiger partial charge < -0.3 is 5.73 Å². The normalized spacial score (nSPS) is 16.1. The molecule has 3 nitrogen and oxygen atoms in total. The van der Waals surface area contributed by atoms with Crippen molar-refractivity contribution < 1.29 is 0 Å². The van der Waals surface area contributed by atoms with Crippen molar-refractivity contribution in [3.8, 4) is 11.1 Å². The molecule has 3 rings (SSSR count). The molecule has 2 N–H and O–H groups in total. The second kappa shape index (κ2) is 5.17. The van der Waals surface area contributed by atoms with Crippen molar-refractivity contribution in [3.05, 3.63) is 41.7 Å². The van der Waals surface area contributed by atoms with E-state index >= 15 is 0 Å². The van der Waals surface area contributed by atoms with E-state index in [0.717, 1.165) is 0 Å². The third-order valence-electron chi connectivity index (χ3n) is 4.28. The molecule has 100 valence electrons. The zero-order chi connectivity index (χ0) is 13.2. The Hall–Kier alpha value is -1.61. The van der Waals surface area contributed by atoms with Gasteiger partial charge in [-0.1, -0.05) is 31.0 Å². The van der Waals surface area contributed by atoms with E-state index in [-0.39, 0.29) is 0 Å². The number of nitrogens with zero attached hydrogens (tertiary/aromatic N) is 2. The topological polar surface area (TPSA) is 43.8 Å². The fourth-order valence-corrected chi connectivity index (χ4v) is 3.06. The number of aromatic nitrogens is 2. The predicted molar refractivity (Wildman–Crippen MR) is 77.8 cm³/mol. The van der Waals surface area contributed by atoms with Gasteiger partial charge in [-0.3, -0.25) is 4.68 Å². The summed E-state index contributed by atoms with van der Waals surface area (Å²) < 4.78 is 2.15. The van der Waals surface area contributed by atoms with E-state index in [4.69, 9.17) is 5.73 Å². The fourth-order valence-electron chi connectivity index (χ4n) is 3.06. The maximum atomic E-state index is 5.78. The molecule has 0 spiro atoms. The summed E-state index contributed by atoms with van der Waals surface area (Å²) >= 11 is 0. The molecule has 1 fully saturated rings. The second-order valence-electron chi connectivity index (χ2n) is 5.44. The lowest BCUT2D eigenvalue weighted by molar-refractivity contribution is 0.467. The maximum Gasteiger partial charge on any atom is 0.0568 e. The molecular weight excluding hydrogens is 234 g/mol. The number of hydrogen-bond acceptors (Lipinski definition) is 2. The van der Waals surface area contributed by atoms with Crippen molar-refractivity contribution in [2.24, 2.45) is 5.73 Å². The summed E-state index contributed by atoms with van der Waals surface area (Å²) in [7, 11) is 0. The van der Waals surface area contributed by atoms with Gasteiger partial charge in [-0.2, -0.15) is 5.10 Å². The van der Waals surface area contributed by atoms with Crippen LogP contribution in [0.2, 0.25) is 0 Å². The first-order chi connectivity index (χ1) is 9.29. The number of rotatable bonds is 3. The van der Waals surface area contributed by atoms with E-state index in [1.165, 1.54) is 47.9 Å². The van der Waals surface area contributed by atoms with E-state index in [0.29, 0.717) is 12.6 Å². The van der Waals surface area contributed by atoms with Crippen LogP contribution in [-0.4, -0.2) is 9.78 Å². The first kappa shape index (κ1) is 12.4. The smallest absolute Gasteiger partial charge is 0.0568 e. The molecule has 1 aromatic carbocycles. The van der Waals surface area contributed by atoms with Crippen LogP contribution in [0.3, 0.4) is 0 Å². The highest BCUT2D eigenvalue weighted by Gasteiger charge is 2.18. The fraction of sp³-hybridized carbons (Fsp3) is 0.438. The lowest BCUT2D eigenvalue weighted by Gasteiger charge is -2.10. The minimum absolute atomic E-state index is 0.594. The molecule has 1 saturated carbocycles. The van der Waals surface area contributed by atoms with Gasteiger partial charge in [0.2, 0.25) is 0 Å². The highest BCUT2D eigenvalue weighted by Crippen LogP contribution is 2.31. The van der Waals surface area contributed by atoms with Crippen molar-refractivity contribution in [2.75, 3.05) is 0 Å². The Morgan fingerprint density at radius 3 is 2.84 bits per heavy atom. The van der Waals surface area contributed by atoms with Gasteiger partial charge in [-0.25, -0.2) is 0 Å². The summed E-state index contributed by atoms with van der Waals surface area (Å²) in [6.45, 7) is 2.74. The van der Waals surface area contributed by atoms with Crippen molar-refractivity contribution >= 4 is 0 Å². The van der Waals surface area contributed by atoms with E-state index in [1.54, 1.807) is 0 Å². The van der Waals surface area contributed by atoms with Crippen LogP contribution >= 0.6 is 0 Å². The summed E-state index contributed by atoms with van der Waals surface area (Å²) in [4.78, 5) is 0. The SMILES string of the molecule is Cc1c(CN)cccc1-c1cnn(C2CCCC2)c1. The molecular formula is C16H21N3. The molecule has 1 aliphatic rings. The van der Waals surface area contributed by atoms with Gasteiger partial charge in [0.05, 0.1) is 12.2 Å².